The summed E-state index contributed by atoms with van der Waals surface area (Å²) in [6.45, 7) is 7.92. The molecule has 6 heteroatoms. The fourth-order valence-corrected chi connectivity index (χ4v) is 2.82. The molecule has 1 aromatic heterocycles. The number of hydrogen-bond acceptors (Lipinski definition) is 5. The first-order valence-electron chi connectivity index (χ1n) is 9.42. The summed E-state index contributed by atoms with van der Waals surface area (Å²) in [7, 11) is 1.61. The van der Waals surface area contributed by atoms with Crippen LogP contribution in [0.3, 0.4) is 0 Å². The van der Waals surface area contributed by atoms with E-state index in [0.717, 1.165) is 32.5 Å². The number of pyridine rings is 1. The number of ether oxygens (including phenoxy) is 2. The number of carbonyl (C=O) groups is 1. The molecular weight excluding hydrogens is 342 g/mol. The fourth-order valence-electron chi connectivity index (χ4n) is 2.82. The molecule has 6 nitrogen and oxygen atoms in total. The number of anilines is 1. The predicted octanol–water partition coefficient (Wildman–Crippen LogP) is 3.84. The average molecular weight is 371 g/mol. The second-order valence-electron chi connectivity index (χ2n) is 6.25. The van der Waals surface area contributed by atoms with E-state index in [1.165, 1.54) is 6.20 Å². The summed E-state index contributed by atoms with van der Waals surface area (Å²) in [5.41, 5.74) is 1.16. The molecule has 0 aliphatic heterocycles. The molecule has 0 fully saturated rings. The molecule has 1 heterocycles. The van der Waals surface area contributed by atoms with Crippen molar-refractivity contribution in [2.24, 2.45) is 0 Å². The molecule has 0 saturated carbocycles. The standard InChI is InChI=1S/C21H29N3O3/c1-4-11-24(12-5-2)13-14-27-20-15-18(8-9-19(20)26-3)23-21(25)17-7-6-10-22-16-17/h6-10,15-16H,4-5,11-14H2,1-3H3,(H,23,25). The van der Waals surface area contributed by atoms with Gasteiger partial charge in [-0.15, -0.1) is 0 Å². The lowest BCUT2D eigenvalue weighted by Crippen LogP contribution is -2.30. The topological polar surface area (TPSA) is 63.7 Å². The molecule has 1 amide bonds. The number of aromatic nitrogens is 1. The van der Waals surface area contributed by atoms with Crippen LogP contribution in [0.1, 0.15) is 37.0 Å². The minimum absolute atomic E-state index is 0.212. The number of amides is 1. The van der Waals surface area contributed by atoms with E-state index in [4.69, 9.17) is 9.47 Å². The van der Waals surface area contributed by atoms with Crippen LogP contribution in [-0.4, -0.2) is 49.1 Å². The maximum Gasteiger partial charge on any atom is 0.257 e. The van der Waals surface area contributed by atoms with Gasteiger partial charge in [0.15, 0.2) is 11.5 Å². The molecule has 0 spiro atoms. The smallest absolute Gasteiger partial charge is 0.257 e. The molecule has 0 radical (unpaired) electrons. The highest BCUT2D eigenvalue weighted by atomic mass is 16.5. The van der Waals surface area contributed by atoms with Gasteiger partial charge in [-0.3, -0.25) is 14.7 Å². The quantitative estimate of drug-likeness (QED) is 0.650. The van der Waals surface area contributed by atoms with Gasteiger partial charge in [0.25, 0.3) is 5.91 Å². The molecule has 146 valence electrons. The molecule has 2 aromatic rings. The fraction of sp³-hybridized carbons (Fsp3) is 0.429. The van der Waals surface area contributed by atoms with E-state index >= 15 is 0 Å². The monoisotopic (exact) mass is 371 g/mol. The van der Waals surface area contributed by atoms with Gasteiger partial charge in [-0.1, -0.05) is 13.8 Å². The van der Waals surface area contributed by atoms with Gasteiger partial charge in [0.2, 0.25) is 0 Å². The number of nitrogens with one attached hydrogen (secondary N) is 1. The van der Waals surface area contributed by atoms with Crippen LogP contribution in [0.25, 0.3) is 0 Å². The van der Waals surface area contributed by atoms with Crippen molar-refractivity contribution in [3.63, 3.8) is 0 Å². The third-order valence-corrected chi connectivity index (χ3v) is 4.09. The molecule has 0 aliphatic carbocycles. The van der Waals surface area contributed by atoms with Crippen molar-refractivity contribution >= 4 is 11.6 Å². The Morgan fingerprint density at radius 1 is 1.11 bits per heavy atom. The van der Waals surface area contributed by atoms with E-state index < -0.39 is 0 Å². The van der Waals surface area contributed by atoms with E-state index in [1.807, 2.05) is 0 Å². The number of rotatable bonds is 11. The normalized spacial score (nSPS) is 10.7. The van der Waals surface area contributed by atoms with Crippen molar-refractivity contribution in [2.45, 2.75) is 26.7 Å². The summed E-state index contributed by atoms with van der Waals surface area (Å²) in [5.74, 6) is 1.05. The van der Waals surface area contributed by atoms with Crippen LogP contribution in [0.2, 0.25) is 0 Å². The Morgan fingerprint density at radius 2 is 1.89 bits per heavy atom. The van der Waals surface area contributed by atoms with Crippen molar-refractivity contribution < 1.29 is 14.3 Å². The minimum Gasteiger partial charge on any atom is -0.493 e. The summed E-state index contributed by atoms with van der Waals surface area (Å²) in [6, 6.07) is 8.83. The van der Waals surface area contributed by atoms with Crippen molar-refractivity contribution in [3.8, 4) is 11.5 Å². The summed E-state index contributed by atoms with van der Waals surface area (Å²) in [4.78, 5) is 18.7. The Labute approximate surface area is 161 Å². The molecular formula is C21H29N3O3. The van der Waals surface area contributed by atoms with E-state index in [9.17, 15) is 4.79 Å². The van der Waals surface area contributed by atoms with Crippen LogP contribution in [0.5, 0.6) is 11.5 Å². The van der Waals surface area contributed by atoms with Crippen molar-refractivity contribution in [1.82, 2.24) is 9.88 Å². The van der Waals surface area contributed by atoms with Crippen LogP contribution in [-0.2, 0) is 0 Å². The van der Waals surface area contributed by atoms with Gasteiger partial charge in [-0.25, -0.2) is 0 Å². The lowest BCUT2D eigenvalue weighted by Gasteiger charge is -2.21. The zero-order valence-corrected chi connectivity index (χ0v) is 16.4. The zero-order valence-electron chi connectivity index (χ0n) is 16.4. The highest BCUT2D eigenvalue weighted by Crippen LogP contribution is 2.30. The lowest BCUT2D eigenvalue weighted by molar-refractivity contribution is 0.102. The summed E-state index contributed by atoms with van der Waals surface area (Å²) < 4.78 is 11.3. The van der Waals surface area contributed by atoms with Crippen molar-refractivity contribution in [2.75, 3.05) is 38.7 Å². The SMILES string of the molecule is CCCN(CCC)CCOc1cc(NC(=O)c2cccnc2)ccc1OC. The number of benzene rings is 1. The molecule has 0 aliphatic rings. The Kier molecular flexibility index (Phi) is 8.58. The van der Waals surface area contributed by atoms with Gasteiger partial charge >= 0.3 is 0 Å². The van der Waals surface area contributed by atoms with Crippen LogP contribution in [0.4, 0.5) is 5.69 Å². The van der Waals surface area contributed by atoms with Crippen LogP contribution in [0, 0.1) is 0 Å². The van der Waals surface area contributed by atoms with Gasteiger partial charge in [0.05, 0.1) is 12.7 Å². The van der Waals surface area contributed by atoms with Gasteiger partial charge < -0.3 is 14.8 Å². The Bertz CT molecular complexity index is 701. The molecule has 0 saturated heterocycles. The second-order valence-corrected chi connectivity index (χ2v) is 6.25. The Balaban J connectivity index is 2.00. The molecule has 1 aromatic carbocycles. The predicted molar refractivity (Wildman–Crippen MR) is 108 cm³/mol. The van der Waals surface area contributed by atoms with E-state index in [0.29, 0.717) is 29.4 Å². The summed E-state index contributed by atoms with van der Waals surface area (Å²) in [5, 5.41) is 2.86. The Hall–Kier alpha value is -2.60. The maximum atomic E-state index is 12.3. The number of methoxy groups -OCH3 is 1. The third-order valence-electron chi connectivity index (χ3n) is 4.09. The van der Waals surface area contributed by atoms with Gasteiger partial charge in [-0.05, 0) is 50.2 Å². The lowest BCUT2D eigenvalue weighted by atomic mass is 10.2. The van der Waals surface area contributed by atoms with Crippen LogP contribution < -0.4 is 14.8 Å². The maximum absolute atomic E-state index is 12.3. The Morgan fingerprint density at radius 3 is 2.52 bits per heavy atom. The highest BCUT2D eigenvalue weighted by Gasteiger charge is 2.11. The van der Waals surface area contributed by atoms with Gasteiger partial charge in [0.1, 0.15) is 6.61 Å². The first-order chi connectivity index (χ1) is 13.2. The second kappa shape index (κ2) is 11.2. The molecule has 27 heavy (non-hydrogen) atoms. The number of nitrogens with zero attached hydrogens (tertiary/aromatic N) is 2. The zero-order chi connectivity index (χ0) is 19.5. The van der Waals surface area contributed by atoms with Crippen molar-refractivity contribution in [3.05, 3.63) is 48.3 Å². The molecule has 0 unspecified atom stereocenters. The summed E-state index contributed by atoms with van der Waals surface area (Å²) >= 11 is 0. The highest BCUT2D eigenvalue weighted by molar-refractivity contribution is 6.04. The van der Waals surface area contributed by atoms with E-state index in [2.05, 4.69) is 29.0 Å². The van der Waals surface area contributed by atoms with Crippen LogP contribution in [0.15, 0.2) is 42.7 Å². The van der Waals surface area contributed by atoms with Crippen molar-refractivity contribution in [1.29, 1.82) is 0 Å². The van der Waals surface area contributed by atoms with Gasteiger partial charge in [0, 0.05) is 30.7 Å². The first kappa shape index (κ1) is 20.7. The minimum atomic E-state index is -0.212. The van der Waals surface area contributed by atoms with E-state index in [1.54, 1.807) is 43.6 Å². The summed E-state index contributed by atoms with van der Waals surface area (Å²) in [6.07, 6.45) is 5.42. The number of carbonyl (C=O) groups excluding carboxylic acids is 1. The molecule has 0 bridgehead atoms. The number of hydrogen-bond donors (Lipinski definition) is 1. The first-order valence-corrected chi connectivity index (χ1v) is 9.42. The average Bonchev–Trinajstić information content (AvgIpc) is 2.69. The molecule has 1 N–H and O–H groups in total. The largest absolute Gasteiger partial charge is 0.493 e. The molecule has 2 rings (SSSR count). The van der Waals surface area contributed by atoms with E-state index in [-0.39, 0.29) is 5.91 Å². The van der Waals surface area contributed by atoms with Gasteiger partial charge in [-0.2, -0.15) is 0 Å². The van der Waals surface area contributed by atoms with Crippen LogP contribution >= 0.6 is 0 Å². The molecule has 0 atom stereocenters. The third kappa shape index (κ3) is 6.57.